The zero-order chi connectivity index (χ0) is 20.1. The molecule has 1 unspecified atom stereocenters. The molecule has 1 heterocycles. The molecule has 0 saturated heterocycles. The van der Waals surface area contributed by atoms with Gasteiger partial charge in [-0.05, 0) is 32.9 Å². The average Bonchev–Trinajstić information content (AvgIpc) is 2.58. The van der Waals surface area contributed by atoms with E-state index in [1.54, 1.807) is 6.92 Å². The van der Waals surface area contributed by atoms with Crippen LogP contribution in [-0.4, -0.2) is 16.9 Å². The van der Waals surface area contributed by atoms with Gasteiger partial charge in [0, 0.05) is 40.4 Å². The number of amides is 1. The molecule has 1 aromatic heterocycles. The Bertz CT molecular complexity index is 923. The Balaban J connectivity index is 2.26. The average molecular weight is 410 g/mol. The van der Waals surface area contributed by atoms with Gasteiger partial charge in [-0.3, -0.25) is 4.79 Å². The lowest BCUT2D eigenvalue weighted by Gasteiger charge is -2.18. The number of ether oxygens (including phenoxy) is 1. The summed E-state index contributed by atoms with van der Waals surface area (Å²) in [5.74, 6) is 4.47. The Labute approximate surface area is 167 Å². The molecule has 8 heteroatoms. The van der Waals surface area contributed by atoms with Crippen LogP contribution >= 0.6 is 23.2 Å². The van der Waals surface area contributed by atoms with E-state index in [9.17, 15) is 9.18 Å². The summed E-state index contributed by atoms with van der Waals surface area (Å²) in [5, 5.41) is 2.80. The minimum atomic E-state index is -0.697. The van der Waals surface area contributed by atoms with Crippen molar-refractivity contribution in [3.63, 3.8) is 0 Å². The summed E-state index contributed by atoms with van der Waals surface area (Å²) in [7, 11) is 0. The highest BCUT2D eigenvalue weighted by atomic mass is 35.5. The molecule has 0 radical (unpaired) electrons. The van der Waals surface area contributed by atoms with Crippen LogP contribution in [-0.2, 0) is 4.79 Å². The van der Waals surface area contributed by atoms with Crippen LogP contribution in [0, 0.1) is 17.7 Å². The first-order chi connectivity index (χ1) is 12.7. The Kier molecular flexibility index (Phi) is 6.89. The molecule has 0 aliphatic rings. The first-order valence-electron chi connectivity index (χ1n) is 8.07. The third kappa shape index (κ3) is 5.49. The molecule has 0 bridgehead atoms. The van der Waals surface area contributed by atoms with Gasteiger partial charge in [-0.2, -0.15) is 0 Å². The smallest absolute Gasteiger partial charge is 0.296 e. The van der Waals surface area contributed by atoms with Gasteiger partial charge in [0.1, 0.15) is 11.9 Å². The Hall–Kier alpha value is -2.49. The van der Waals surface area contributed by atoms with Crippen molar-refractivity contribution >= 4 is 34.9 Å². The van der Waals surface area contributed by atoms with Gasteiger partial charge in [-0.1, -0.05) is 29.1 Å². The molecule has 27 heavy (non-hydrogen) atoms. The highest BCUT2D eigenvalue weighted by molar-refractivity contribution is 6.36. The molecular weight excluding hydrogens is 392 g/mol. The van der Waals surface area contributed by atoms with Crippen molar-refractivity contribution in [2.45, 2.75) is 32.9 Å². The van der Waals surface area contributed by atoms with Crippen molar-refractivity contribution in [3.8, 4) is 17.6 Å². The third-order valence-electron chi connectivity index (χ3n) is 3.41. The number of benzene rings is 1. The molecule has 5 nitrogen and oxygen atoms in total. The van der Waals surface area contributed by atoms with Crippen molar-refractivity contribution in [2.24, 2.45) is 0 Å². The summed E-state index contributed by atoms with van der Waals surface area (Å²) in [6.45, 7) is 5.32. The Morgan fingerprint density at radius 2 is 2.04 bits per heavy atom. The molecule has 1 atom stereocenters. The number of hydrogen-bond acceptors (Lipinski definition) is 4. The van der Waals surface area contributed by atoms with E-state index in [4.69, 9.17) is 33.7 Å². The van der Waals surface area contributed by atoms with Gasteiger partial charge in [0.2, 0.25) is 0 Å². The van der Waals surface area contributed by atoms with E-state index in [0.29, 0.717) is 11.1 Å². The minimum absolute atomic E-state index is 0.0168. The monoisotopic (exact) mass is 409 g/mol. The van der Waals surface area contributed by atoms with E-state index >= 15 is 0 Å². The van der Waals surface area contributed by atoms with Crippen molar-refractivity contribution < 1.29 is 13.9 Å². The van der Waals surface area contributed by atoms with Gasteiger partial charge >= 0.3 is 0 Å². The molecule has 0 fully saturated rings. The Morgan fingerprint density at radius 1 is 1.33 bits per heavy atom. The molecule has 2 aromatic rings. The molecule has 1 amide bonds. The molecule has 0 spiro atoms. The van der Waals surface area contributed by atoms with Crippen LogP contribution in [0.4, 0.5) is 10.2 Å². The number of nitrogens with zero attached hydrogens (tertiary/aromatic N) is 1. The number of anilines is 1. The molecular formula is C19H18Cl2FN3O2. The summed E-state index contributed by atoms with van der Waals surface area (Å²) in [4.78, 5) is 15.6. The largest absolute Gasteiger partial charge is 0.482 e. The summed E-state index contributed by atoms with van der Waals surface area (Å²) < 4.78 is 19.5. The van der Waals surface area contributed by atoms with Crippen LogP contribution in [0.1, 0.15) is 38.0 Å². The summed E-state index contributed by atoms with van der Waals surface area (Å²) >= 11 is 12.1. The van der Waals surface area contributed by atoms with E-state index in [-0.39, 0.29) is 27.7 Å². The van der Waals surface area contributed by atoms with E-state index in [1.807, 2.05) is 13.8 Å². The first kappa shape index (κ1) is 20.8. The summed E-state index contributed by atoms with van der Waals surface area (Å²) in [5.41, 5.74) is 6.57. The topological polar surface area (TPSA) is 77.2 Å². The van der Waals surface area contributed by atoms with Crippen LogP contribution in [0.5, 0.6) is 5.75 Å². The van der Waals surface area contributed by atoms with Gasteiger partial charge in [0.05, 0.1) is 5.02 Å². The van der Waals surface area contributed by atoms with Crippen LogP contribution in [0.2, 0.25) is 10.0 Å². The SMILES string of the molecule is CC(C)NC(=O)C#Cc1cnc(N)c(OC(C)c2c(Cl)ccc(F)c2Cl)c1. The van der Waals surface area contributed by atoms with Gasteiger partial charge in [-0.15, -0.1) is 0 Å². The number of hydrogen-bond donors (Lipinski definition) is 2. The number of halogens is 3. The number of carbonyl (C=O) groups excluding carboxylic acids is 1. The molecule has 0 saturated carbocycles. The molecule has 1 aromatic carbocycles. The number of nitrogen functional groups attached to an aromatic ring is 1. The number of nitrogens with one attached hydrogen (secondary N) is 1. The molecule has 3 N–H and O–H groups in total. The van der Waals surface area contributed by atoms with E-state index in [2.05, 4.69) is 22.1 Å². The maximum absolute atomic E-state index is 13.7. The number of nitrogens with two attached hydrogens (primary N) is 1. The first-order valence-corrected chi connectivity index (χ1v) is 8.82. The minimum Gasteiger partial charge on any atom is -0.482 e. The van der Waals surface area contributed by atoms with E-state index < -0.39 is 17.8 Å². The second-order valence-electron chi connectivity index (χ2n) is 6.00. The second kappa shape index (κ2) is 8.94. The van der Waals surface area contributed by atoms with Gasteiger partial charge in [0.15, 0.2) is 11.6 Å². The highest BCUT2D eigenvalue weighted by Crippen LogP contribution is 2.35. The number of aromatic nitrogens is 1. The van der Waals surface area contributed by atoms with E-state index in [0.717, 1.165) is 0 Å². The quantitative estimate of drug-likeness (QED) is 0.587. The standard InChI is InChI=1S/C19H18Cl2FN3O2/c1-10(2)25-16(26)7-4-12-8-15(19(23)24-9-12)27-11(3)17-13(20)5-6-14(22)18(17)21/h5-6,8-11H,1-3H3,(H2,23,24)(H,25,26). The third-order valence-corrected chi connectivity index (χ3v) is 4.13. The van der Waals surface area contributed by atoms with Crippen LogP contribution in [0.25, 0.3) is 0 Å². The van der Waals surface area contributed by atoms with Crippen molar-refractivity contribution in [1.82, 2.24) is 10.3 Å². The van der Waals surface area contributed by atoms with Gasteiger partial charge in [0.25, 0.3) is 5.91 Å². The fourth-order valence-corrected chi connectivity index (χ4v) is 2.89. The van der Waals surface area contributed by atoms with E-state index in [1.165, 1.54) is 24.4 Å². The number of rotatable bonds is 4. The fraction of sp³-hybridized carbons (Fsp3) is 0.263. The Morgan fingerprint density at radius 3 is 2.70 bits per heavy atom. The van der Waals surface area contributed by atoms with Crippen LogP contribution in [0.15, 0.2) is 24.4 Å². The van der Waals surface area contributed by atoms with Crippen LogP contribution < -0.4 is 15.8 Å². The molecule has 0 aliphatic heterocycles. The lowest BCUT2D eigenvalue weighted by atomic mass is 10.1. The molecule has 2 rings (SSSR count). The van der Waals surface area contributed by atoms with Crippen molar-refractivity contribution in [3.05, 3.63) is 51.4 Å². The maximum atomic E-state index is 13.7. The van der Waals surface area contributed by atoms with Gasteiger partial charge in [-0.25, -0.2) is 9.37 Å². The lowest BCUT2D eigenvalue weighted by molar-refractivity contribution is -0.116. The predicted octanol–water partition coefficient (Wildman–Crippen LogP) is 4.13. The van der Waals surface area contributed by atoms with Crippen LogP contribution in [0.3, 0.4) is 0 Å². The molecule has 0 aliphatic carbocycles. The second-order valence-corrected chi connectivity index (χ2v) is 6.79. The highest BCUT2D eigenvalue weighted by Gasteiger charge is 2.19. The lowest BCUT2D eigenvalue weighted by Crippen LogP contribution is -2.28. The maximum Gasteiger partial charge on any atom is 0.296 e. The summed E-state index contributed by atoms with van der Waals surface area (Å²) in [6, 6.07) is 4.09. The van der Waals surface area contributed by atoms with Crippen molar-refractivity contribution in [2.75, 3.05) is 5.73 Å². The fourth-order valence-electron chi connectivity index (χ4n) is 2.21. The summed E-state index contributed by atoms with van der Waals surface area (Å²) in [6.07, 6.45) is 0.724. The predicted molar refractivity (Wildman–Crippen MR) is 104 cm³/mol. The number of pyridine rings is 1. The zero-order valence-corrected chi connectivity index (χ0v) is 16.5. The van der Waals surface area contributed by atoms with Crippen molar-refractivity contribution in [1.29, 1.82) is 0 Å². The molecule has 142 valence electrons. The van der Waals surface area contributed by atoms with Gasteiger partial charge < -0.3 is 15.8 Å². The normalized spacial score (nSPS) is 11.5. The number of carbonyl (C=O) groups is 1. The zero-order valence-electron chi connectivity index (χ0n) is 14.9.